The van der Waals surface area contributed by atoms with Gasteiger partial charge in [-0.3, -0.25) is 0 Å². The summed E-state index contributed by atoms with van der Waals surface area (Å²) in [6.45, 7) is 4.93. The molecule has 0 saturated carbocycles. The number of hydrogen-bond acceptors (Lipinski definition) is 4. The second-order valence-electron chi connectivity index (χ2n) is 2.75. The molecule has 0 aromatic carbocycles. The maximum Gasteiger partial charge on any atom is 0.412 e. The number of alkyl halides is 1. The third-order valence-electron chi connectivity index (χ3n) is 1.67. The third kappa shape index (κ3) is 6.81. The van der Waals surface area contributed by atoms with Crippen molar-refractivity contribution in [2.24, 2.45) is 4.99 Å². The highest BCUT2D eigenvalue weighted by atomic mass is 35.5. The van der Waals surface area contributed by atoms with Gasteiger partial charge in [0.1, 0.15) is 5.67 Å². The van der Waals surface area contributed by atoms with Crippen molar-refractivity contribution in [3.8, 4) is 0 Å². The molecule has 0 bridgehead atoms. The van der Waals surface area contributed by atoms with Crippen LogP contribution in [0.15, 0.2) is 4.99 Å². The minimum atomic E-state index is -1.51. The van der Waals surface area contributed by atoms with Crippen LogP contribution in [0.3, 0.4) is 0 Å². The summed E-state index contributed by atoms with van der Waals surface area (Å²) in [5, 5.41) is 0. The van der Waals surface area contributed by atoms with Gasteiger partial charge in [0.15, 0.2) is 0 Å². The topological polar surface area (TPSA) is 47.9 Å². The number of rotatable bonds is 9. The molecule has 0 N–H and O–H groups in total. The summed E-state index contributed by atoms with van der Waals surface area (Å²) in [5.41, 5.74) is -0.203. The van der Waals surface area contributed by atoms with Gasteiger partial charge in [0.25, 0.3) is 0 Å². The first-order chi connectivity index (χ1) is 7.29. The molecule has 0 heterocycles. The SMILES string of the molecule is CCO[Si](OCC)C(CCCCl)N=C=O. The van der Waals surface area contributed by atoms with Gasteiger partial charge < -0.3 is 8.85 Å². The van der Waals surface area contributed by atoms with Crippen LogP contribution in [-0.4, -0.2) is 40.1 Å². The van der Waals surface area contributed by atoms with Crippen LogP contribution >= 0.6 is 11.6 Å². The van der Waals surface area contributed by atoms with E-state index in [0.717, 1.165) is 6.42 Å². The van der Waals surface area contributed by atoms with E-state index in [2.05, 4.69) is 4.99 Å². The molecule has 1 radical (unpaired) electrons. The van der Waals surface area contributed by atoms with Crippen LogP contribution in [0.2, 0.25) is 0 Å². The average molecular weight is 251 g/mol. The first kappa shape index (κ1) is 14.8. The zero-order valence-electron chi connectivity index (χ0n) is 9.16. The number of isocyanates is 1. The number of halogens is 1. The highest BCUT2D eigenvalue weighted by Crippen LogP contribution is 2.09. The monoisotopic (exact) mass is 250 g/mol. The largest absolute Gasteiger partial charge is 0.412 e. The minimum Gasteiger partial charge on any atom is -0.392 e. The van der Waals surface area contributed by atoms with Crippen LogP contribution in [0.4, 0.5) is 0 Å². The van der Waals surface area contributed by atoms with Crippen LogP contribution in [0, 0.1) is 0 Å². The van der Waals surface area contributed by atoms with Gasteiger partial charge in [0, 0.05) is 19.1 Å². The molecule has 0 aliphatic heterocycles. The molecule has 6 heteroatoms. The van der Waals surface area contributed by atoms with Crippen LogP contribution in [0.5, 0.6) is 0 Å². The molecule has 1 atom stereocenters. The lowest BCUT2D eigenvalue weighted by molar-refractivity contribution is 0.203. The third-order valence-corrected chi connectivity index (χ3v) is 4.04. The van der Waals surface area contributed by atoms with E-state index in [-0.39, 0.29) is 5.67 Å². The van der Waals surface area contributed by atoms with E-state index >= 15 is 0 Å². The van der Waals surface area contributed by atoms with Gasteiger partial charge in [0.2, 0.25) is 6.08 Å². The summed E-state index contributed by atoms with van der Waals surface area (Å²) in [6.07, 6.45) is 3.08. The molecule has 0 rings (SSSR count). The van der Waals surface area contributed by atoms with Gasteiger partial charge in [-0.25, -0.2) is 9.79 Å². The predicted octanol–water partition coefficient (Wildman–Crippen LogP) is 1.81. The molecular weight excluding hydrogens is 234 g/mol. The Morgan fingerprint density at radius 3 is 2.40 bits per heavy atom. The summed E-state index contributed by atoms with van der Waals surface area (Å²) < 4.78 is 10.9. The maximum absolute atomic E-state index is 10.3. The molecule has 15 heavy (non-hydrogen) atoms. The lowest BCUT2D eigenvalue weighted by atomic mass is 10.3. The molecular formula is C9H17ClNO3Si. The molecule has 0 aromatic rings. The Labute approximate surface area is 97.5 Å². The van der Waals surface area contributed by atoms with Crippen LogP contribution in [0.25, 0.3) is 0 Å². The van der Waals surface area contributed by atoms with Gasteiger partial charge >= 0.3 is 9.28 Å². The highest BCUT2D eigenvalue weighted by molar-refractivity contribution is 6.46. The van der Waals surface area contributed by atoms with Crippen molar-refractivity contribution in [1.82, 2.24) is 0 Å². The van der Waals surface area contributed by atoms with Gasteiger partial charge in [-0.2, -0.15) is 0 Å². The fourth-order valence-electron chi connectivity index (χ4n) is 1.09. The van der Waals surface area contributed by atoms with Gasteiger partial charge in [-0.05, 0) is 26.7 Å². The maximum atomic E-state index is 10.3. The Kier molecular flexibility index (Phi) is 10.2. The zero-order chi connectivity index (χ0) is 11.5. The van der Waals surface area contributed by atoms with Crippen molar-refractivity contribution in [3.05, 3.63) is 0 Å². The highest BCUT2D eigenvalue weighted by Gasteiger charge is 2.27. The Morgan fingerprint density at radius 1 is 1.40 bits per heavy atom. The molecule has 0 spiro atoms. The minimum absolute atomic E-state index is 0.203. The zero-order valence-corrected chi connectivity index (χ0v) is 10.9. The van der Waals surface area contributed by atoms with Crippen molar-refractivity contribution in [2.45, 2.75) is 32.4 Å². The quantitative estimate of drug-likeness (QED) is 0.271. The first-order valence-electron chi connectivity index (χ1n) is 5.05. The van der Waals surface area contributed by atoms with Crippen LogP contribution in [0.1, 0.15) is 26.7 Å². The molecule has 1 unspecified atom stereocenters. The molecule has 0 fully saturated rings. The smallest absolute Gasteiger partial charge is 0.392 e. The van der Waals surface area contributed by atoms with E-state index in [4.69, 9.17) is 20.5 Å². The van der Waals surface area contributed by atoms with Crippen LogP contribution < -0.4 is 0 Å². The average Bonchev–Trinajstić information content (AvgIpc) is 2.24. The van der Waals surface area contributed by atoms with E-state index in [1.54, 1.807) is 6.08 Å². The summed E-state index contributed by atoms with van der Waals surface area (Å²) in [7, 11) is -1.51. The normalized spacial score (nSPS) is 12.5. The standard InChI is InChI=1S/C9H17ClNO3Si/c1-3-13-15(14-4-2)9(11-8-12)6-5-7-10/h9H,3-7H2,1-2H3. The molecule has 0 aliphatic carbocycles. The fraction of sp³-hybridized carbons (Fsp3) is 0.889. The van der Waals surface area contributed by atoms with Crippen LogP contribution in [-0.2, 0) is 13.6 Å². The van der Waals surface area contributed by atoms with E-state index < -0.39 is 9.28 Å². The van der Waals surface area contributed by atoms with E-state index in [0.29, 0.717) is 25.5 Å². The first-order valence-corrected chi connectivity index (χ1v) is 6.98. The van der Waals surface area contributed by atoms with Gasteiger partial charge in [-0.15, -0.1) is 11.6 Å². The summed E-state index contributed by atoms with van der Waals surface area (Å²) in [6, 6.07) is 0. The van der Waals surface area contributed by atoms with E-state index in [1.807, 2.05) is 13.8 Å². The van der Waals surface area contributed by atoms with Crippen molar-refractivity contribution >= 4 is 27.0 Å². The van der Waals surface area contributed by atoms with Gasteiger partial charge in [0.05, 0.1) is 0 Å². The van der Waals surface area contributed by atoms with Crippen molar-refractivity contribution in [2.75, 3.05) is 19.1 Å². The Morgan fingerprint density at radius 2 is 2.00 bits per heavy atom. The Balaban J connectivity index is 4.28. The second kappa shape index (κ2) is 10.3. The Bertz CT molecular complexity index is 194. The molecule has 0 saturated heterocycles. The van der Waals surface area contributed by atoms with E-state index in [9.17, 15) is 4.79 Å². The Hall–Kier alpha value is -0.193. The number of carbonyl (C=O) groups excluding carboxylic acids is 1. The van der Waals surface area contributed by atoms with E-state index in [1.165, 1.54) is 0 Å². The molecule has 0 aliphatic rings. The molecule has 0 aromatic heterocycles. The lowest BCUT2D eigenvalue weighted by Gasteiger charge is -2.18. The number of aliphatic imine (C=N–C) groups is 1. The number of hydrogen-bond donors (Lipinski definition) is 0. The lowest BCUT2D eigenvalue weighted by Crippen LogP contribution is -2.36. The van der Waals surface area contributed by atoms with Crippen molar-refractivity contribution in [1.29, 1.82) is 0 Å². The fourth-order valence-corrected chi connectivity index (χ4v) is 2.88. The number of nitrogens with zero attached hydrogens (tertiary/aromatic N) is 1. The molecule has 87 valence electrons. The predicted molar refractivity (Wildman–Crippen MR) is 60.9 cm³/mol. The molecule has 0 amide bonds. The summed E-state index contributed by atoms with van der Waals surface area (Å²) in [4.78, 5) is 14.0. The summed E-state index contributed by atoms with van der Waals surface area (Å²) in [5.74, 6) is 0.554. The van der Waals surface area contributed by atoms with Gasteiger partial charge in [-0.1, -0.05) is 0 Å². The second-order valence-corrected chi connectivity index (χ2v) is 5.01. The van der Waals surface area contributed by atoms with Crippen molar-refractivity contribution in [3.63, 3.8) is 0 Å². The summed E-state index contributed by atoms with van der Waals surface area (Å²) >= 11 is 5.59. The molecule has 4 nitrogen and oxygen atoms in total. The van der Waals surface area contributed by atoms with Crippen molar-refractivity contribution < 1.29 is 13.6 Å².